The van der Waals surface area contributed by atoms with E-state index in [9.17, 15) is 4.79 Å². The second kappa shape index (κ2) is 8.92. The van der Waals surface area contributed by atoms with Gasteiger partial charge in [0.25, 0.3) is 0 Å². The fraction of sp³-hybridized carbons (Fsp3) is 0.632. The molecule has 1 fully saturated rings. The van der Waals surface area contributed by atoms with Crippen LogP contribution in [-0.2, 0) is 11.3 Å². The van der Waals surface area contributed by atoms with E-state index in [1.54, 1.807) is 0 Å². The number of nitrogens with one attached hydrogen (secondary N) is 1. The highest BCUT2D eigenvalue weighted by Crippen LogP contribution is 2.21. The number of rotatable bonds is 7. The van der Waals surface area contributed by atoms with Gasteiger partial charge in [0.05, 0.1) is 12.6 Å². The van der Waals surface area contributed by atoms with Crippen LogP contribution in [0.2, 0.25) is 0 Å². The van der Waals surface area contributed by atoms with E-state index in [-0.39, 0.29) is 12.0 Å². The Balaban J connectivity index is 1.73. The molecule has 1 saturated carbocycles. The van der Waals surface area contributed by atoms with Crippen LogP contribution < -0.4 is 10.1 Å². The molecule has 0 bridgehead atoms. The Kier molecular flexibility index (Phi) is 6.90. The summed E-state index contributed by atoms with van der Waals surface area (Å²) < 4.78 is 5.62. The van der Waals surface area contributed by atoms with Crippen LogP contribution in [0.5, 0.6) is 5.75 Å². The monoisotopic (exact) mass is 318 g/mol. The largest absolute Gasteiger partial charge is 0.491 e. The van der Waals surface area contributed by atoms with Crippen LogP contribution in [0.25, 0.3) is 0 Å². The maximum Gasteiger partial charge on any atom is 0.234 e. The molecular weight excluding hydrogens is 288 g/mol. The maximum absolute atomic E-state index is 12.1. The number of nitrogens with zero attached hydrogens (tertiary/aromatic N) is 1. The zero-order valence-electron chi connectivity index (χ0n) is 14.7. The van der Waals surface area contributed by atoms with Crippen molar-refractivity contribution in [2.45, 2.75) is 64.6 Å². The molecule has 0 aliphatic heterocycles. The first-order valence-electron chi connectivity index (χ1n) is 8.77. The second-order valence-corrected chi connectivity index (χ2v) is 6.79. The third-order valence-corrected chi connectivity index (χ3v) is 4.38. The molecule has 0 unspecified atom stereocenters. The highest BCUT2D eigenvalue weighted by Gasteiger charge is 2.19. The van der Waals surface area contributed by atoms with Crippen LogP contribution in [0, 0.1) is 0 Å². The minimum Gasteiger partial charge on any atom is -0.491 e. The first-order valence-corrected chi connectivity index (χ1v) is 8.77. The fourth-order valence-electron chi connectivity index (χ4n) is 3.09. The van der Waals surface area contributed by atoms with Gasteiger partial charge in [-0.25, -0.2) is 0 Å². The van der Waals surface area contributed by atoms with Crippen LogP contribution in [0.1, 0.15) is 51.5 Å². The highest BCUT2D eigenvalue weighted by atomic mass is 16.5. The third-order valence-electron chi connectivity index (χ3n) is 4.38. The van der Waals surface area contributed by atoms with Gasteiger partial charge in [-0.05, 0) is 51.4 Å². The molecule has 0 aromatic heterocycles. The molecule has 0 radical (unpaired) electrons. The summed E-state index contributed by atoms with van der Waals surface area (Å²) in [6.07, 6.45) is 6.55. The number of hydrogen-bond donors (Lipinski definition) is 1. The molecular formula is C19H30N2O2. The number of carbonyl (C=O) groups is 1. The number of amides is 1. The molecule has 0 saturated heterocycles. The second-order valence-electron chi connectivity index (χ2n) is 6.79. The molecule has 1 aromatic rings. The van der Waals surface area contributed by atoms with Crippen LogP contribution in [0.3, 0.4) is 0 Å². The maximum atomic E-state index is 12.1. The molecule has 1 aliphatic rings. The lowest BCUT2D eigenvalue weighted by Crippen LogP contribution is -2.41. The summed E-state index contributed by atoms with van der Waals surface area (Å²) in [7, 11) is 2.06. The Hall–Kier alpha value is -1.55. The summed E-state index contributed by atoms with van der Waals surface area (Å²) in [6.45, 7) is 5.08. The molecule has 2 rings (SSSR count). The van der Waals surface area contributed by atoms with E-state index in [4.69, 9.17) is 4.74 Å². The van der Waals surface area contributed by atoms with Crippen LogP contribution >= 0.6 is 0 Å². The zero-order valence-corrected chi connectivity index (χ0v) is 14.7. The lowest BCUT2D eigenvalue weighted by atomic mass is 9.94. The van der Waals surface area contributed by atoms with E-state index in [0.29, 0.717) is 19.1 Å². The molecule has 4 nitrogen and oxygen atoms in total. The number of hydrogen-bond acceptors (Lipinski definition) is 3. The van der Waals surface area contributed by atoms with Crippen molar-refractivity contribution in [2.75, 3.05) is 13.6 Å². The summed E-state index contributed by atoms with van der Waals surface area (Å²) in [5.41, 5.74) is 1.09. The molecule has 1 N–H and O–H groups in total. The van der Waals surface area contributed by atoms with E-state index in [1.807, 2.05) is 38.1 Å². The van der Waals surface area contributed by atoms with Crippen molar-refractivity contribution in [2.24, 2.45) is 0 Å². The minimum absolute atomic E-state index is 0.0978. The average Bonchev–Trinajstić information content (AvgIpc) is 2.54. The molecule has 0 atom stereocenters. The van der Waals surface area contributed by atoms with Crippen LogP contribution in [0.15, 0.2) is 24.3 Å². The van der Waals surface area contributed by atoms with Crippen molar-refractivity contribution in [1.82, 2.24) is 10.2 Å². The average molecular weight is 318 g/mol. The summed E-state index contributed by atoms with van der Waals surface area (Å²) in [5, 5.41) is 3.01. The molecule has 128 valence electrons. The summed E-state index contributed by atoms with van der Waals surface area (Å²) in [6, 6.07) is 8.48. The predicted octanol–water partition coefficient (Wildman–Crippen LogP) is 3.35. The Morgan fingerprint density at radius 3 is 2.48 bits per heavy atom. The molecule has 0 spiro atoms. The van der Waals surface area contributed by atoms with E-state index >= 15 is 0 Å². The van der Waals surface area contributed by atoms with Crippen molar-refractivity contribution in [3.63, 3.8) is 0 Å². The lowest BCUT2D eigenvalue weighted by Gasteiger charge is -2.30. The van der Waals surface area contributed by atoms with Gasteiger partial charge in [-0.3, -0.25) is 9.69 Å². The summed E-state index contributed by atoms with van der Waals surface area (Å²) in [4.78, 5) is 14.3. The normalized spacial score (nSPS) is 15.9. The SMILES string of the molecule is CC(C)Oc1ccc(CNC(=O)CN(C)C2CCCCC2)cc1. The topological polar surface area (TPSA) is 41.6 Å². The van der Waals surface area contributed by atoms with Gasteiger partial charge in [0.15, 0.2) is 0 Å². The van der Waals surface area contributed by atoms with Gasteiger partial charge >= 0.3 is 0 Å². The van der Waals surface area contributed by atoms with Gasteiger partial charge in [0.1, 0.15) is 5.75 Å². The number of likely N-dealkylation sites (N-methyl/N-ethyl adjacent to an activating group) is 1. The number of carbonyl (C=O) groups excluding carboxylic acids is 1. The number of ether oxygens (including phenoxy) is 1. The minimum atomic E-state index is 0.0978. The Morgan fingerprint density at radius 1 is 1.22 bits per heavy atom. The van der Waals surface area contributed by atoms with Crippen molar-refractivity contribution in [3.05, 3.63) is 29.8 Å². The van der Waals surface area contributed by atoms with Gasteiger partial charge in [-0.2, -0.15) is 0 Å². The molecule has 0 heterocycles. The van der Waals surface area contributed by atoms with Gasteiger partial charge in [0, 0.05) is 12.6 Å². The van der Waals surface area contributed by atoms with E-state index in [2.05, 4.69) is 17.3 Å². The Labute approximate surface area is 140 Å². The van der Waals surface area contributed by atoms with Gasteiger partial charge in [-0.15, -0.1) is 0 Å². The summed E-state index contributed by atoms with van der Waals surface area (Å²) >= 11 is 0. The molecule has 23 heavy (non-hydrogen) atoms. The van der Waals surface area contributed by atoms with Gasteiger partial charge in [0.2, 0.25) is 5.91 Å². The van der Waals surface area contributed by atoms with E-state index < -0.39 is 0 Å². The molecule has 1 aliphatic carbocycles. The quantitative estimate of drug-likeness (QED) is 0.838. The molecule has 1 amide bonds. The van der Waals surface area contributed by atoms with Crippen molar-refractivity contribution < 1.29 is 9.53 Å². The first-order chi connectivity index (χ1) is 11.0. The molecule has 4 heteroatoms. The first kappa shape index (κ1) is 17.8. The smallest absolute Gasteiger partial charge is 0.234 e. The Bertz CT molecular complexity index is 479. The van der Waals surface area contributed by atoms with Crippen molar-refractivity contribution >= 4 is 5.91 Å². The highest BCUT2D eigenvalue weighted by molar-refractivity contribution is 5.78. The van der Waals surface area contributed by atoms with E-state index in [0.717, 1.165) is 11.3 Å². The van der Waals surface area contributed by atoms with E-state index in [1.165, 1.54) is 32.1 Å². The van der Waals surface area contributed by atoms with Gasteiger partial charge < -0.3 is 10.1 Å². The van der Waals surface area contributed by atoms with Gasteiger partial charge in [-0.1, -0.05) is 31.4 Å². The van der Waals surface area contributed by atoms with Crippen molar-refractivity contribution in [3.8, 4) is 5.75 Å². The Morgan fingerprint density at radius 2 is 1.87 bits per heavy atom. The number of benzene rings is 1. The van der Waals surface area contributed by atoms with Crippen molar-refractivity contribution in [1.29, 1.82) is 0 Å². The fourth-order valence-corrected chi connectivity index (χ4v) is 3.09. The standard InChI is InChI=1S/C19H30N2O2/c1-15(2)23-18-11-9-16(10-12-18)13-20-19(22)14-21(3)17-7-5-4-6-8-17/h9-12,15,17H,4-8,13-14H2,1-3H3,(H,20,22). The third kappa shape index (κ3) is 6.22. The summed E-state index contributed by atoms with van der Waals surface area (Å²) in [5.74, 6) is 0.965. The lowest BCUT2D eigenvalue weighted by molar-refractivity contribution is -0.122. The van der Waals surface area contributed by atoms with Crippen LogP contribution in [0.4, 0.5) is 0 Å². The zero-order chi connectivity index (χ0) is 16.7. The van der Waals surface area contributed by atoms with Crippen LogP contribution in [-0.4, -0.2) is 36.5 Å². The predicted molar refractivity (Wildman–Crippen MR) is 93.6 cm³/mol. The molecule has 1 aromatic carbocycles.